The zero-order chi connectivity index (χ0) is 15.3. The number of carbonyl (C=O) groups is 1. The average Bonchev–Trinajstić information content (AvgIpc) is 2.95. The van der Waals surface area contributed by atoms with Gasteiger partial charge in [0.05, 0.1) is 6.61 Å². The molecule has 3 nitrogen and oxygen atoms in total. The van der Waals surface area contributed by atoms with Crippen molar-refractivity contribution in [3.05, 3.63) is 21.9 Å². The smallest absolute Gasteiger partial charge is 0.262 e. The van der Waals surface area contributed by atoms with Crippen molar-refractivity contribution >= 4 is 29.0 Å². The van der Waals surface area contributed by atoms with Crippen LogP contribution in [0.4, 0.5) is 0 Å². The van der Waals surface area contributed by atoms with Crippen LogP contribution in [-0.4, -0.2) is 36.2 Å². The van der Waals surface area contributed by atoms with Gasteiger partial charge in [-0.1, -0.05) is 24.7 Å². The van der Waals surface area contributed by atoms with Gasteiger partial charge in [0.2, 0.25) is 0 Å². The molecule has 0 saturated carbocycles. The minimum Gasteiger partial charge on any atom is -0.395 e. The summed E-state index contributed by atoms with van der Waals surface area (Å²) in [5.41, 5.74) is 0.755. The highest BCUT2D eigenvalue weighted by Gasteiger charge is 2.10. The van der Waals surface area contributed by atoms with Crippen molar-refractivity contribution in [3.8, 4) is 11.8 Å². The Morgan fingerprint density at radius 1 is 1.38 bits per heavy atom. The van der Waals surface area contributed by atoms with Crippen LogP contribution < -0.4 is 5.32 Å². The second kappa shape index (κ2) is 11.7. The lowest BCUT2D eigenvalue weighted by atomic mass is 10.2. The number of amides is 1. The molecule has 0 spiro atoms. The number of thiophene rings is 1. The largest absolute Gasteiger partial charge is 0.395 e. The van der Waals surface area contributed by atoms with Crippen LogP contribution >= 0.6 is 23.1 Å². The summed E-state index contributed by atoms with van der Waals surface area (Å²) in [6.45, 7) is 0.773. The Labute approximate surface area is 135 Å². The minimum absolute atomic E-state index is 0.0394. The van der Waals surface area contributed by atoms with E-state index in [9.17, 15) is 4.79 Å². The van der Waals surface area contributed by atoms with Crippen LogP contribution in [-0.2, 0) is 0 Å². The van der Waals surface area contributed by atoms with Crippen LogP contribution in [0.15, 0.2) is 11.4 Å². The van der Waals surface area contributed by atoms with E-state index < -0.39 is 0 Å². The van der Waals surface area contributed by atoms with E-state index in [0.29, 0.717) is 11.3 Å². The molecule has 0 atom stereocenters. The van der Waals surface area contributed by atoms with E-state index in [1.54, 1.807) is 0 Å². The Balaban J connectivity index is 2.30. The highest BCUT2D eigenvalue weighted by Crippen LogP contribution is 2.15. The first-order chi connectivity index (χ1) is 10.3. The molecule has 0 saturated heterocycles. The first kappa shape index (κ1) is 18.1. The van der Waals surface area contributed by atoms with Gasteiger partial charge >= 0.3 is 0 Å². The van der Waals surface area contributed by atoms with Gasteiger partial charge in [-0.15, -0.1) is 11.3 Å². The number of aliphatic hydroxyl groups is 1. The summed E-state index contributed by atoms with van der Waals surface area (Å²) >= 11 is 3.29. The van der Waals surface area contributed by atoms with Crippen molar-refractivity contribution < 1.29 is 9.90 Å². The van der Waals surface area contributed by atoms with E-state index in [1.807, 2.05) is 23.2 Å². The first-order valence-corrected chi connectivity index (χ1v) is 9.51. The van der Waals surface area contributed by atoms with E-state index in [-0.39, 0.29) is 12.5 Å². The normalized spacial score (nSPS) is 10.0. The third-order valence-electron chi connectivity index (χ3n) is 2.89. The van der Waals surface area contributed by atoms with E-state index in [1.165, 1.54) is 29.9 Å². The van der Waals surface area contributed by atoms with Crippen LogP contribution in [0, 0.1) is 11.8 Å². The number of hydrogen-bond acceptors (Lipinski definition) is 4. The second-order valence-electron chi connectivity index (χ2n) is 4.60. The van der Waals surface area contributed by atoms with Crippen molar-refractivity contribution in [2.45, 2.75) is 32.1 Å². The Morgan fingerprint density at radius 3 is 2.95 bits per heavy atom. The average molecular weight is 325 g/mol. The predicted octanol–water partition coefficient (Wildman–Crippen LogP) is 3.14. The quantitative estimate of drug-likeness (QED) is 0.542. The van der Waals surface area contributed by atoms with Crippen LogP contribution in [0.1, 0.15) is 47.3 Å². The number of carbonyl (C=O) groups excluding carboxylic acids is 1. The van der Waals surface area contributed by atoms with Crippen LogP contribution in [0.5, 0.6) is 0 Å². The Bertz CT molecular complexity index is 474. The van der Waals surface area contributed by atoms with Crippen molar-refractivity contribution in [3.63, 3.8) is 0 Å². The van der Waals surface area contributed by atoms with Gasteiger partial charge in [0, 0.05) is 18.5 Å². The fourth-order valence-corrected chi connectivity index (χ4v) is 3.06. The third kappa shape index (κ3) is 7.56. The molecule has 0 aliphatic heterocycles. The third-order valence-corrected chi connectivity index (χ3v) is 4.50. The molecule has 116 valence electrons. The molecule has 1 heterocycles. The fourth-order valence-electron chi connectivity index (χ4n) is 1.80. The summed E-state index contributed by atoms with van der Waals surface area (Å²) in [4.78, 5) is 12.7. The van der Waals surface area contributed by atoms with Gasteiger partial charge < -0.3 is 10.4 Å². The van der Waals surface area contributed by atoms with Gasteiger partial charge in [-0.3, -0.25) is 4.79 Å². The molecule has 0 aliphatic carbocycles. The van der Waals surface area contributed by atoms with Gasteiger partial charge in [0.25, 0.3) is 5.91 Å². The van der Waals surface area contributed by atoms with E-state index in [0.717, 1.165) is 24.9 Å². The Hall–Kier alpha value is -0.960. The SMILES string of the molecule is CSCCCCCCNC(=O)c1sccc1C#CCCO. The number of aliphatic hydroxyl groups excluding tert-OH is 1. The zero-order valence-electron chi connectivity index (χ0n) is 12.5. The second-order valence-corrected chi connectivity index (χ2v) is 6.50. The maximum absolute atomic E-state index is 12.1. The monoisotopic (exact) mass is 325 g/mol. The maximum atomic E-state index is 12.1. The zero-order valence-corrected chi connectivity index (χ0v) is 14.1. The van der Waals surface area contributed by atoms with E-state index in [4.69, 9.17) is 5.11 Å². The first-order valence-electron chi connectivity index (χ1n) is 7.24. The van der Waals surface area contributed by atoms with Crippen molar-refractivity contribution in [2.75, 3.05) is 25.2 Å². The van der Waals surface area contributed by atoms with Gasteiger partial charge in [0.15, 0.2) is 0 Å². The van der Waals surface area contributed by atoms with Gasteiger partial charge in [-0.25, -0.2) is 0 Å². The summed E-state index contributed by atoms with van der Waals surface area (Å²) in [6.07, 6.45) is 7.24. The van der Waals surface area contributed by atoms with E-state index in [2.05, 4.69) is 23.4 Å². The summed E-state index contributed by atoms with van der Waals surface area (Å²) in [5.74, 6) is 6.97. The van der Waals surface area contributed by atoms with Crippen LogP contribution in [0.25, 0.3) is 0 Å². The molecule has 5 heteroatoms. The lowest BCUT2D eigenvalue weighted by molar-refractivity contribution is 0.0957. The number of hydrogen-bond donors (Lipinski definition) is 2. The number of nitrogens with one attached hydrogen (secondary N) is 1. The molecule has 1 aromatic rings. The number of rotatable bonds is 9. The lowest BCUT2D eigenvalue weighted by Crippen LogP contribution is -2.24. The highest BCUT2D eigenvalue weighted by atomic mass is 32.2. The molecule has 0 aliphatic rings. The molecule has 0 bridgehead atoms. The van der Waals surface area contributed by atoms with Crippen LogP contribution in [0.2, 0.25) is 0 Å². The molecular weight excluding hydrogens is 302 g/mol. The lowest BCUT2D eigenvalue weighted by Gasteiger charge is -2.04. The molecule has 0 fully saturated rings. The molecule has 21 heavy (non-hydrogen) atoms. The Morgan fingerprint density at radius 2 is 2.19 bits per heavy atom. The summed E-state index contributed by atoms with van der Waals surface area (Å²) in [7, 11) is 0. The standard InChI is InChI=1S/C16H23NO2S2/c1-20-12-7-3-2-5-10-17-16(19)15-14(9-13-21-15)8-4-6-11-18/h9,13,18H,2-3,5-7,10-12H2,1H3,(H,17,19). The minimum atomic E-state index is -0.0394. The maximum Gasteiger partial charge on any atom is 0.262 e. The van der Waals surface area contributed by atoms with Crippen LogP contribution in [0.3, 0.4) is 0 Å². The predicted molar refractivity (Wildman–Crippen MR) is 92.1 cm³/mol. The molecule has 2 N–H and O–H groups in total. The van der Waals surface area contributed by atoms with Crippen molar-refractivity contribution in [2.24, 2.45) is 0 Å². The topological polar surface area (TPSA) is 49.3 Å². The number of unbranched alkanes of at least 4 members (excludes halogenated alkanes) is 3. The summed E-state index contributed by atoms with van der Waals surface area (Å²) in [6, 6.07) is 1.85. The van der Waals surface area contributed by atoms with Gasteiger partial charge in [-0.05, 0) is 36.3 Å². The molecular formula is C16H23NO2S2. The Kier molecular flexibility index (Phi) is 10.1. The molecule has 1 aromatic heterocycles. The molecule has 1 amide bonds. The molecule has 0 radical (unpaired) electrons. The highest BCUT2D eigenvalue weighted by molar-refractivity contribution is 7.98. The van der Waals surface area contributed by atoms with E-state index >= 15 is 0 Å². The number of thioether (sulfide) groups is 1. The molecule has 1 rings (SSSR count). The molecule has 0 unspecified atom stereocenters. The van der Waals surface area contributed by atoms with Crippen molar-refractivity contribution in [1.29, 1.82) is 0 Å². The summed E-state index contributed by atoms with van der Waals surface area (Å²) < 4.78 is 0. The van der Waals surface area contributed by atoms with Gasteiger partial charge in [-0.2, -0.15) is 11.8 Å². The van der Waals surface area contributed by atoms with Crippen molar-refractivity contribution in [1.82, 2.24) is 5.32 Å². The van der Waals surface area contributed by atoms with Gasteiger partial charge in [0.1, 0.15) is 4.88 Å². The fraction of sp³-hybridized carbons (Fsp3) is 0.562. The summed E-state index contributed by atoms with van der Waals surface area (Å²) in [5, 5.41) is 13.5. The molecule has 0 aromatic carbocycles.